The van der Waals surface area contributed by atoms with Crippen LogP contribution in [0, 0.1) is 4.77 Å². The van der Waals surface area contributed by atoms with E-state index in [2.05, 4.69) is 16.5 Å². The fourth-order valence-corrected chi connectivity index (χ4v) is 3.31. The second-order valence-corrected chi connectivity index (χ2v) is 5.76. The molecular formula is C11H13N3S3. The van der Waals surface area contributed by atoms with Gasteiger partial charge in [-0.25, -0.2) is 0 Å². The van der Waals surface area contributed by atoms with Gasteiger partial charge in [0.1, 0.15) is 0 Å². The highest BCUT2D eigenvalue weighted by atomic mass is 32.2. The minimum absolute atomic E-state index is 0.642. The van der Waals surface area contributed by atoms with Crippen molar-refractivity contribution >= 4 is 35.7 Å². The molecule has 0 unspecified atom stereocenters. The maximum absolute atomic E-state index is 5.26. The Morgan fingerprint density at radius 3 is 2.76 bits per heavy atom. The van der Waals surface area contributed by atoms with Crippen LogP contribution in [0.15, 0.2) is 35.5 Å². The Bertz CT molecular complexity index is 518. The summed E-state index contributed by atoms with van der Waals surface area (Å²) in [6.45, 7) is 0. The molecule has 17 heavy (non-hydrogen) atoms. The van der Waals surface area contributed by atoms with E-state index in [0.717, 1.165) is 22.3 Å². The summed E-state index contributed by atoms with van der Waals surface area (Å²) in [5.41, 5.74) is 1.05. The summed E-state index contributed by atoms with van der Waals surface area (Å²) in [6.07, 6.45) is 2.11. The van der Waals surface area contributed by atoms with Gasteiger partial charge in [0.25, 0.3) is 0 Å². The molecule has 0 spiro atoms. The van der Waals surface area contributed by atoms with Crippen LogP contribution >= 0.6 is 35.7 Å². The van der Waals surface area contributed by atoms with Gasteiger partial charge in [0, 0.05) is 11.5 Å². The van der Waals surface area contributed by atoms with Crippen molar-refractivity contribution in [2.75, 3.05) is 17.8 Å². The predicted molar refractivity (Wildman–Crippen MR) is 77.9 cm³/mol. The molecule has 1 N–H and O–H groups in total. The van der Waals surface area contributed by atoms with Crippen LogP contribution in [0.3, 0.4) is 0 Å². The normalized spacial score (nSPS) is 10.6. The molecule has 1 aromatic heterocycles. The molecule has 0 aliphatic heterocycles. The Hall–Kier alpha value is -0.720. The van der Waals surface area contributed by atoms with E-state index >= 15 is 0 Å². The van der Waals surface area contributed by atoms with Gasteiger partial charge >= 0.3 is 0 Å². The van der Waals surface area contributed by atoms with E-state index < -0.39 is 0 Å². The van der Waals surface area contributed by atoms with Gasteiger partial charge in [-0.2, -0.15) is 11.8 Å². The molecular weight excluding hydrogens is 270 g/mol. The molecule has 1 aromatic carbocycles. The molecule has 90 valence electrons. The molecule has 0 amide bonds. The number of para-hydroxylation sites is 1. The Morgan fingerprint density at radius 2 is 2.06 bits per heavy atom. The molecule has 2 rings (SSSR count). The van der Waals surface area contributed by atoms with E-state index in [1.807, 2.05) is 46.7 Å². The van der Waals surface area contributed by atoms with E-state index in [1.165, 1.54) is 0 Å². The number of aromatic amines is 1. The lowest BCUT2D eigenvalue weighted by Gasteiger charge is -2.05. The number of H-pyrrole nitrogens is 1. The highest BCUT2D eigenvalue weighted by molar-refractivity contribution is 8.02. The number of benzene rings is 1. The Labute approximate surface area is 114 Å². The third-order valence-corrected chi connectivity index (χ3v) is 4.26. The largest absolute Gasteiger partial charge is 0.263 e. The molecule has 0 fully saturated rings. The summed E-state index contributed by atoms with van der Waals surface area (Å²) in [7, 11) is 0. The van der Waals surface area contributed by atoms with Crippen molar-refractivity contribution in [3.63, 3.8) is 0 Å². The maximum atomic E-state index is 5.26. The Balaban J connectivity index is 2.27. The summed E-state index contributed by atoms with van der Waals surface area (Å²) in [5, 5.41) is 8.04. The SMILES string of the molecule is CSCCSc1n[nH]c(=S)n1-c1ccccc1. The zero-order chi connectivity index (χ0) is 12.1. The third-order valence-electron chi connectivity index (χ3n) is 2.17. The lowest BCUT2D eigenvalue weighted by Crippen LogP contribution is -1.97. The number of hydrogen-bond acceptors (Lipinski definition) is 4. The molecule has 1 heterocycles. The van der Waals surface area contributed by atoms with Crippen molar-refractivity contribution in [2.24, 2.45) is 0 Å². The van der Waals surface area contributed by atoms with Crippen LogP contribution in [0.2, 0.25) is 0 Å². The van der Waals surface area contributed by atoms with Gasteiger partial charge in [-0.15, -0.1) is 5.10 Å². The lowest BCUT2D eigenvalue weighted by molar-refractivity contribution is 0.881. The van der Waals surface area contributed by atoms with Crippen LogP contribution in [0.5, 0.6) is 0 Å². The average molecular weight is 283 g/mol. The molecule has 6 heteroatoms. The maximum Gasteiger partial charge on any atom is 0.200 e. The van der Waals surface area contributed by atoms with Gasteiger partial charge in [-0.3, -0.25) is 9.67 Å². The molecule has 0 saturated carbocycles. The quantitative estimate of drug-likeness (QED) is 0.518. The fourth-order valence-electron chi connectivity index (χ4n) is 1.40. The summed E-state index contributed by atoms with van der Waals surface area (Å²) in [6, 6.07) is 10.1. The fraction of sp³-hybridized carbons (Fsp3) is 0.273. The molecule has 0 aliphatic carbocycles. The van der Waals surface area contributed by atoms with Crippen LogP contribution in [0.1, 0.15) is 0 Å². The standard InChI is InChI=1S/C11H13N3S3/c1-16-7-8-17-11-13-12-10(15)14(11)9-5-3-2-4-6-9/h2-6H,7-8H2,1H3,(H,12,15). The molecule has 2 aromatic rings. The summed E-state index contributed by atoms with van der Waals surface area (Å²) in [5.74, 6) is 2.15. The minimum Gasteiger partial charge on any atom is -0.263 e. The molecule has 0 atom stereocenters. The number of thioether (sulfide) groups is 2. The van der Waals surface area contributed by atoms with Crippen molar-refractivity contribution in [1.29, 1.82) is 0 Å². The highest BCUT2D eigenvalue weighted by Crippen LogP contribution is 2.20. The number of hydrogen-bond donors (Lipinski definition) is 1. The minimum atomic E-state index is 0.642. The lowest BCUT2D eigenvalue weighted by atomic mass is 10.3. The predicted octanol–water partition coefficient (Wildman–Crippen LogP) is 3.38. The van der Waals surface area contributed by atoms with Gasteiger partial charge in [-0.05, 0) is 30.6 Å². The van der Waals surface area contributed by atoms with Gasteiger partial charge < -0.3 is 0 Å². The first-order valence-corrected chi connectivity index (χ1v) is 7.96. The first-order chi connectivity index (χ1) is 8.33. The van der Waals surface area contributed by atoms with E-state index in [-0.39, 0.29) is 0 Å². The first kappa shape index (κ1) is 12.7. The smallest absolute Gasteiger partial charge is 0.200 e. The van der Waals surface area contributed by atoms with Gasteiger partial charge in [0.15, 0.2) is 5.16 Å². The highest BCUT2D eigenvalue weighted by Gasteiger charge is 2.07. The van der Waals surface area contributed by atoms with Gasteiger partial charge in [0.05, 0.1) is 5.69 Å². The molecule has 0 saturated heterocycles. The van der Waals surface area contributed by atoms with E-state index in [4.69, 9.17) is 12.2 Å². The number of aromatic nitrogens is 3. The first-order valence-electron chi connectivity index (χ1n) is 5.17. The zero-order valence-electron chi connectivity index (χ0n) is 9.42. The van der Waals surface area contributed by atoms with Crippen LogP contribution in [-0.2, 0) is 0 Å². The van der Waals surface area contributed by atoms with Gasteiger partial charge in [0.2, 0.25) is 4.77 Å². The van der Waals surface area contributed by atoms with E-state index in [1.54, 1.807) is 11.8 Å². The van der Waals surface area contributed by atoms with E-state index in [9.17, 15) is 0 Å². The van der Waals surface area contributed by atoms with Crippen LogP contribution in [0.4, 0.5) is 0 Å². The summed E-state index contributed by atoms with van der Waals surface area (Å²) < 4.78 is 2.61. The number of nitrogens with zero attached hydrogens (tertiary/aromatic N) is 2. The molecule has 0 bridgehead atoms. The Kier molecular flexibility index (Phi) is 4.70. The molecule has 0 radical (unpaired) electrons. The summed E-state index contributed by atoms with van der Waals surface area (Å²) >= 11 is 8.82. The van der Waals surface area contributed by atoms with Gasteiger partial charge in [-0.1, -0.05) is 30.0 Å². The monoisotopic (exact) mass is 283 g/mol. The van der Waals surface area contributed by atoms with Crippen LogP contribution < -0.4 is 0 Å². The van der Waals surface area contributed by atoms with Crippen molar-refractivity contribution in [1.82, 2.24) is 14.8 Å². The molecule has 0 aliphatic rings. The molecule has 3 nitrogen and oxygen atoms in total. The van der Waals surface area contributed by atoms with Crippen molar-refractivity contribution in [2.45, 2.75) is 5.16 Å². The second kappa shape index (κ2) is 6.28. The van der Waals surface area contributed by atoms with Crippen LogP contribution in [0.25, 0.3) is 5.69 Å². The average Bonchev–Trinajstić information content (AvgIpc) is 2.72. The second-order valence-electron chi connectivity index (χ2n) is 3.32. The summed E-state index contributed by atoms with van der Waals surface area (Å²) in [4.78, 5) is 0. The Morgan fingerprint density at radius 1 is 1.29 bits per heavy atom. The van der Waals surface area contributed by atoms with Crippen LogP contribution in [-0.4, -0.2) is 32.5 Å². The van der Waals surface area contributed by atoms with Crippen molar-refractivity contribution < 1.29 is 0 Å². The number of nitrogens with one attached hydrogen (secondary N) is 1. The topological polar surface area (TPSA) is 33.6 Å². The van der Waals surface area contributed by atoms with Crippen molar-refractivity contribution in [3.8, 4) is 5.69 Å². The number of rotatable bonds is 5. The third kappa shape index (κ3) is 3.14. The van der Waals surface area contributed by atoms with E-state index in [0.29, 0.717) is 4.77 Å². The zero-order valence-corrected chi connectivity index (χ0v) is 11.9. The van der Waals surface area contributed by atoms with Crippen molar-refractivity contribution in [3.05, 3.63) is 35.1 Å².